The molecular weight excluding hydrogens is 542 g/mol. The maximum absolute atomic E-state index is 8.52. The first-order chi connectivity index (χ1) is 18.9. The molecule has 8 N–H and O–H groups in total. The van der Waals surface area contributed by atoms with Gasteiger partial charge in [-0.1, -0.05) is 66.7 Å². The third kappa shape index (κ3) is 17.8. The molecule has 3 aromatic carbocycles. The van der Waals surface area contributed by atoms with Crippen molar-refractivity contribution < 1.29 is 42.7 Å². The second kappa shape index (κ2) is 21.1. The molecule has 0 amide bonds. The number of hydrogen-bond donors (Lipinski definition) is 6. The highest BCUT2D eigenvalue weighted by Gasteiger charge is 2.14. The first-order valence-corrected chi connectivity index (χ1v) is 13.7. The minimum absolute atomic E-state index is 0.135. The Kier molecular flexibility index (Phi) is 19.7. The summed E-state index contributed by atoms with van der Waals surface area (Å²) in [6.07, 6.45) is -0.504. The Morgan fingerprint density at radius 1 is 0.825 bits per heavy atom. The lowest BCUT2D eigenvalue weighted by atomic mass is 10.0. The van der Waals surface area contributed by atoms with Gasteiger partial charge in [0.2, 0.25) is 0 Å². The van der Waals surface area contributed by atoms with Crippen LogP contribution >= 0.6 is 0 Å². The lowest BCUT2D eigenvalue weighted by Gasteiger charge is -2.25. The average Bonchev–Trinajstić information content (AvgIpc) is 2.94. The van der Waals surface area contributed by atoms with E-state index in [0.29, 0.717) is 12.6 Å². The smallest absolute Gasteiger partial charge is 0.127 e. The van der Waals surface area contributed by atoms with Crippen molar-refractivity contribution in [2.24, 2.45) is 11.5 Å². The van der Waals surface area contributed by atoms with Crippen LogP contribution in [0.25, 0.3) is 10.8 Å². The second-order valence-electron chi connectivity index (χ2n) is 8.56. The second-order valence-corrected chi connectivity index (χ2v) is 9.37. The first kappa shape index (κ1) is 37.3. The molecule has 0 aromatic heterocycles. The van der Waals surface area contributed by atoms with Crippen molar-refractivity contribution in [2.45, 2.75) is 24.7 Å². The zero-order valence-electron chi connectivity index (χ0n) is 22.7. The van der Waals surface area contributed by atoms with E-state index in [4.69, 9.17) is 54.2 Å². The average molecular weight is 584 g/mol. The number of aliphatic hydroxyl groups excluding tert-OH is 4. The van der Waals surface area contributed by atoms with Gasteiger partial charge < -0.3 is 50.6 Å². The molecule has 226 valence electrons. The molecule has 0 saturated carbocycles. The summed E-state index contributed by atoms with van der Waals surface area (Å²) >= 11 is 0. The fourth-order valence-electron chi connectivity index (χ4n) is 3.15. The van der Waals surface area contributed by atoms with Crippen LogP contribution in [0.4, 0.5) is 0 Å². The highest BCUT2D eigenvalue weighted by molar-refractivity contribution is 7.79. The van der Waals surface area contributed by atoms with Crippen LogP contribution in [0.1, 0.15) is 18.0 Å². The van der Waals surface area contributed by atoms with Gasteiger partial charge in [-0.05, 0) is 31.1 Å². The molecule has 12 nitrogen and oxygen atoms in total. The summed E-state index contributed by atoms with van der Waals surface area (Å²) in [7, 11) is -0.925. The summed E-state index contributed by atoms with van der Waals surface area (Å²) < 4.78 is 40.2. The molecule has 0 fully saturated rings. The number of rotatable bonds is 10. The fourth-order valence-corrected chi connectivity index (χ4v) is 3.15. The fraction of sp³-hybridized carbons (Fsp3) is 0.407. The standard InChI is InChI=1S/C21H23NO.2C3H9NO2.H2O4S/c1-22(2)20(18-10-4-3-5-11-18)15-16-23-21-14-8-12-17-9-6-7-13-19(17)21;2*4-1-3(6)2-5;1-5(2,3)4/h3-14,20H,15-16H2,1-2H3;2*3,5-6H,1-2,4H2;(H2,1,2,3,4)/p-2/t20-;;;/m0.../s1. The van der Waals surface area contributed by atoms with Crippen LogP contribution in [0.5, 0.6) is 5.75 Å². The number of nitrogens with zero attached hydrogens (tertiary/aromatic N) is 1. The van der Waals surface area contributed by atoms with Gasteiger partial charge >= 0.3 is 0 Å². The summed E-state index contributed by atoms with van der Waals surface area (Å²) in [5, 5.41) is 35.0. The van der Waals surface area contributed by atoms with Crippen LogP contribution in [0.3, 0.4) is 0 Å². The normalized spacial score (nSPS) is 13.0. The Bertz CT molecular complexity index is 1120. The predicted octanol–water partition coefficient (Wildman–Crippen LogP) is 0.170. The Labute approximate surface area is 236 Å². The first-order valence-electron chi connectivity index (χ1n) is 12.3. The SMILES string of the molecule is CN(C)[C@@H](CCOc1cccc2ccccc12)c1ccccc1.NCC(O)CO.NCC(O)CO.O=S(=O)([O-])[O-]. The van der Waals surface area contributed by atoms with E-state index in [1.54, 1.807) is 0 Å². The molecule has 0 aliphatic rings. The van der Waals surface area contributed by atoms with Gasteiger partial charge in [-0.3, -0.25) is 8.42 Å². The summed E-state index contributed by atoms with van der Waals surface area (Å²) in [6.45, 7) is 0.492. The van der Waals surface area contributed by atoms with Gasteiger partial charge in [0.15, 0.2) is 0 Å². The molecule has 13 heteroatoms. The summed E-state index contributed by atoms with van der Waals surface area (Å²) in [4.78, 5) is 2.25. The minimum atomic E-state index is -5.17. The van der Waals surface area contributed by atoms with Gasteiger partial charge in [0.1, 0.15) is 5.75 Å². The van der Waals surface area contributed by atoms with Gasteiger partial charge in [0.25, 0.3) is 0 Å². The van der Waals surface area contributed by atoms with Crippen molar-refractivity contribution in [1.82, 2.24) is 4.90 Å². The molecule has 40 heavy (non-hydrogen) atoms. The molecule has 3 atom stereocenters. The molecule has 0 spiro atoms. The summed E-state index contributed by atoms with van der Waals surface area (Å²) in [5.74, 6) is 0.966. The van der Waals surface area contributed by atoms with Crippen LogP contribution in [-0.2, 0) is 10.4 Å². The van der Waals surface area contributed by atoms with Crippen LogP contribution < -0.4 is 16.2 Å². The number of nitrogens with two attached hydrogens (primary N) is 2. The highest BCUT2D eigenvalue weighted by atomic mass is 32.3. The van der Waals surface area contributed by atoms with Crippen molar-refractivity contribution >= 4 is 21.2 Å². The van der Waals surface area contributed by atoms with Gasteiger partial charge in [-0.15, -0.1) is 0 Å². The molecular formula is C27H41N3O9S-2. The van der Waals surface area contributed by atoms with E-state index in [1.165, 1.54) is 16.3 Å². The molecule has 0 heterocycles. The van der Waals surface area contributed by atoms with Gasteiger partial charge in [0.05, 0.1) is 32.0 Å². The lowest BCUT2D eigenvalue weighted by molar-refractivity contribution is 0.102. The molecule has 3 rings (SSSR count). The number of aliphatic hydroxyl groups is 4. The highest BCUT2D eigenvalue weighted by Crippen LogP contribution is 2.27. The molecule has 0 aliphatic carbocycles. The summed E-state index contributed by atoms with van der Waals surface area (Å²) in [5.41, 5.74) is 11.1. The van der Waals surface area contributed by atoms with Crippen molar-refractivity contribution in [1.29, 1.82) is 0 Å². The van der Waals surface area contributed by atoms with E-state index >= 15 is 0 Å². The monoisotopic (exact) mass is 583 g/mol. The molecule has 0 saturated heterocycles. The molecule has 0 aliphatic heterocycles. The number of benzene rings is 3. The Hall–Kier alpha value is -2.69. The maximum atomic E-state index is 8.52. The van der Waals surface area contributed by atoms with Gasteiger partial charge in [-0.25, -0.2) is 0 Å². The largest absolute Gasteiger partial charge is 0.759 e. The van der Waals surface area contributed by atoms with Crippen LogP contribution in [0, 0.1) is 0 Å². The number of ether oxygens (including phenoxy) is 1. The maximum Gasteiger partial charge on any atom is 0.127 e. The van der Waals surface area contributed by atoms with E-state index in [2.05, 4.69) is 91.8 Å². The zero-order valence-corrected chi connectivity index (χ0v) is 23.6. The third-order valence-corrected chi connectivity index (χ3v) is 5.17. The van der Waals surface area contributed by atoms with Crippen molar-refractivity contribution in [2.75, 3.05) is 47.0 Å². The molecule has 0 radical (unpaired) electrons. The van der Waals surface area contributed by atoms with Crippen LogP contribution in [0.2, 0.25) is 0 Å². The van der Waals surface area contributed by atoms with E-state index in [9.17, 15) is 0 Å². The quantitative estimate of drug-likeness (QED) is 0.139. The predicted molar refractivity (Wildman–Crippen MR) is 152 cm³/mol. The van der Waals surface area contributed by atoms with Crippen LogP contribution in [0.15, 0.2) is 72.8 Å². The van der Waals surface area contributed by atoms with Crippen LogP contribution in [-0.4, -0.2) is 102 Å². The summed E-state index contributed by atoms with van der Waals surface area (Å²) in [6, 6.07) is 25.6. The zero-order chi connectivity index (χ0) is 30.6. The Balaban J connectivity index is 0.000000733. The van der Waals surface area contributed by atoms with Gasteiger partial charge in [0, 0.05) is 41.3 Å². The van der Waals surface area contributed by atoms with E-state index < -0.39 is 22.6 Å². The van der Waals surface area contributed by atoms with Crippen molar-refractivity contribution in [3.05, 3.63) is 78.4 Å². The molecule has 0 bridgehead atoms. The minimum Gasteiger partial charge on any atom is -0.759 e. The molecule has 3 aromatic rings. The Morgan fingerprint density at radius 2 is 1.30 bits per heavy atom. The van der Waals surface area contributed by atoms with Crippen molar-refractivity contribution in [3.63, 3.8) is 0 Å². The van der Waals surface area contributed by atoms with E-state index in [1.807, 2.05) is 0 Å². The molecule has 2 unspecified atom stereocenters. The van der Waals surface area contributed by atoms with E-state index in [0.717, 1.165) is 12.2 Å². The lowest BCUT2D eigenvalue weighted by Crippen LogP contribution is -2.22. The van der Waals surface area contributed by atoms with E-state index in [-0.39, 0.29) is 26.3 Å². The topological polar surface area (TPSA) is 226 Å². The number of fused-ring (bicyclic) bond motifs is 1. The third-order valence-electron chi connectivity index (χ3n) is 5.17. The van der Waals surface area contributed by atoms with Gasteiger partial charge in [-0.2, -0.15) is 0 Å². The number of hydrogen-bond acceptors (Lipinski definition) is 12. The Morgan fingerprint density at radius 3 is 1.75 bits per heavy atom. The van der Waals surface area contributed by atoms with Crippen molar-refractivity contribution in [3.8, 4) is 5.75 Å².